The molecule has 2 heterocycles. The van der Waals surface area contributed by atoms with Crippen molar-refractivity contribution in [3.63, 3.8) is 0 Å². The van der Waals surface area contributed by atoms with Gasteiger partial charge in [-0.2, -0.15) is 0 Å². The van der Waals surface area contributed by atoms with Crippen LogP contribution in [0.4, 0.5) is 0 Å². The molecule has 0 aliphatic carbocycles. The van der Waals surface area contributed by atoms with Crippen LogP contribution in [0.1, 0.15) is 50.7 Å². The zero-order valence-corrected chi connectivity index (χ0v) is 9.62. The predicted octanol–water partition coefficient (Wildman–Crippen LogP) is 2.48. The smallest absolute Gasteiger partial charge is 0.195 e. The Hall–Kier alpha value is -0.830. The summed E-state index contributed by atoms with van der Waals surface area (Å²) in [5.41, 5.74) is 0. The van der Waals surface area contributed by atoms with Gasteiger partial charge in [0.05, 0.1) is 6.20 Å². The Morgan fingerprint density at radius 2 is 2.40 bits per heavy atom. The molecule has 1 N–H and O–H groups in total. The van der Waals surface area contributed by atoms with Gasteiger partial charge in [-0.1, -0.05) is 20.3 Å². The number of rotatable bonds is 3. The van der Waals surface area contributed by atoms with E-state index in [-0.39, 0.29) is 0 Å². The fraction of sp³-hybridized carbons (Fsp3) is 0.750. The number of oxazole rings is 1. The van der Waals surface area contributed by atoms with E-state index in [1.807, 2.05) is 6.20 Å². The molecule has 0 saturated carbocycles. The lowest BCUT2D eigenvalue weighted by atomic mass is 10.0. The summed E-state index contributed by atoms with van der Waals surface area (Å²) >= 11 is 0. The van der Waals surface area contributed by atoms with Gasteiger partial charge >= 0.3 is 0 Å². The van der Waals surface area contributed by atoms with E-state index in [1.54, 1.807) is 0 Å². The monoisotopic (exact) mass is 208 g/mol. The fourth-order valence-corrected chi connectivity index (χ4v) is 1.99. The summed E-state index contributed by atoms with van der Waals surface area (Å²) in [6.45, 7) is 5.40. The van der Waals surface area contributed by atoms with Gasteiger partial charge < -0.3 is 9.73 Å². The highest BCUT2D eigenvalue weighted by Crippen LogP contribution is 2.17. The number of nitrogens with one attached hydrogen (secondary N) is 1. The molecule has 1 aliphatic heterocycles. The molecule has 15 heavy (non-hydrogen) atoms. The van der Waals surface area contributed by atoms with Crippen molar-refractivity contribution < 1.29 is 4.42 Å². The van der Waals surface area contributed by atoms with E-state index < -0.39 is 0 Å². The number of nitrogens with zero attached hydrogens (tertiary/aromatic N) is 1. The number of piperidine rings is 1. The molecule has 1 atom stereocenters. The van der Waals surface area contributed by atoms with Gasteiger partial charge in [0.1, 0.15) is 5.76 Å². The molecule has 1 unspecified atom stereocenters. The van der Waals surface area contributed by atoms with Crippen LogP contribution < -0.4 is 5.32 Å². The maximum Gasteiger partial charge on any atom is 0.195 e. The first kappa shape index (κ1) is 10.7. The first-order valence-electron chi connectivity index (χ1n) is 5.93. The summed E-state index contributed by atoms with van der Waals surface area (Å²) < 4.78 is 5.70. The van der Waals surface area contributed by atoms with Gasteiger partial charge in [-0.05, 0) is 19.4 Å². The van der Waals surface area contributed by atoms with Crippen molar-refractivity contribution in [2.45, 2.75) is 51.5 Å². The normalized spacial score (nSPS) is 22.2. The molecule has 84 valence electrons. The average molecular weight is 208 g/mol. The molecule has 2 rings (SSSR count). The lowest BCUT2D eigenvalue weighted by Crippen LogP contribution is -2.35. The predicted molar refractivity (Wildman–Crippen MR) is 59.9 cm³/mol. The third-order valence-corrected chi connectivity index (χ3v) is 2.97. The van der Waals surface area contributed by atoms with Crippen LogP contribution in [0.3, 0.4) is 0 Å². The van der Waals surface area contributed by atoms with E-state index >= 15 is 0 Å². The highest BCUT2D eigenvalue weighted by atomic mass is 16.4. The Kier molecular flexibility index (Phi) is 3.41. The molecule has 1 saturated heterocycles. The zero-order chi connectivity index (χ0) is 10.7. The van der Waals surface area contributed by atoms with E-state index in [1.165, 1.54) is 19.3 Å². The minimum absolute atomic E-state index is 0.436. The second-order valence-electron chi connectivity index (χ2n) is 4.66. The molecule has 1 aromatic rings. The van der Waals surface area contributed by atoms with Crippen molar-refractivity contribution in [2.24, 2.45) is 0 Å². The molecular formula is C12H20N2O. The highest BCUT2D eigenvalue weighted by Gasteiger charge is 2.16. The quantitative estimate of drug-likeness (QED) is 0.829. The molecule has 1 fully saturated rings. The number of hydrogen-bond donors (Lipinski definition) is 1. The van der Waals surface area contributed by atoms with Gasteiger partial charge in [-0.3, -0.25) is 0 Å². The van der Waals surface area contributed by atoms with Crippen LogP contribution in [-0.4, -0.2) is 17.6 Å². The maximum atomic E-state index is 5.70. The molecule has 3 nitrogen and oxygen atoms in total. The lowest BCUT2D eigenvalue weighted by Gasteiger charge is -2.21. The molecule has 3 heteroatoms. The summed E-state index contributed by atoms with van der Waals surface area (Å²) in [6, 6.07) is 0.567. The Morgan fingerprint density at radius 1 is 1.53 bits per heavy atom. The van der Waals surface area contributed by atoms with Crippen molar-refractivity contribution in [2.75, 3.05) is 6.54 Å². The molecule has 0 amide bonds. The Labute approximate surface area is 91.3 Å². The molecule has 1 aromatic heterocycles. The average Bonchev–Trinajstić information content (AvgIpc) is 2.68. The molecule has 1 aliphatic rings. The SMILES string of the molecule is CC(C)c1cnc(CC2CCCCN2)o1. The topological polar surface area (TPSA) is 38.1 Å². The molecule has 0 aromatic carbocycles. The second-order valence-corrected chi connectivity index (χ2v) is 4.66. The van der Waals surface area contributed by atoms with Gasteiger partial charge in [0.2, 0.25) is 0 Å². The summed E-state index contributed by atoms with van der Waals surface area (Å²) in [5.74, 6) is 2.32. The van der Waals surface area contributed by atoms with Crippen LogP contribution in [0.5, 0.6) is 0 Å². The van der Waals surface area contributed by atoms with Crippen LogP contribution in [0, 0.1) is 0 Å². The second kappa shape index (κ2) is 4.79. The van der Waals surface area contributed by atoms with Gasteiger partial charge in [-0.15, -0.1) is 0 Å². The van der Waals surface area contributed by atoms with Crippen LogP contribution >= 0.6 is 0 Å². The Morgan fingerprint density at radius 3 is 3.00 bits per heavy atom. The van der Waals surface area contributed by atoms with Crippen molar-refractivity contribution in [3.05, 3.63) is 17.8 Å². The number of aromatic nitrogens is 1. The van der Waals surface area contributed by atoms with Crippen molar-refractivity contribution >= 4 is 0 Å². The third kappa shape index (κ3) is 2.81. The van der Waals surface area contributed by atoms with E-state index in [0.29, 0.717) is 12.0 Å². The van der Waals surface area contributed by atoms with Crippen LogP contribution in [-0.2, 0) is 6.42 Å². The van der Waals surface area contributed by atoms with E-state index in [4.69, 9.17) is 4.42 Å². The lowest BCUT2D eigenvalue weighted by molar-refractivity contribution is 0.357. The van der Waals surface area contributed by atoms with Crippen molar-refractivity contribution in [1.82, 2.24) is 10.3 Å². The van der Waals surface area contributed by atoms with E-state index in [2.05, 4.69) is 24.1 Å². The molecular weight excluding hydrogens is 188 g/mol. The van der Waals surface area contributed by atoms with E-state index in [9.17, 15) is 0 Å². The zero-order valence-electron chi connectivity index (χ0n) is 9.62. The minimum atomic E-state index is 0.436. The van der Waals surface area contributed by atoms with Crippen LogP contribution in [0.25, 0.3) is 0 Å². The standard InChI is InChI=1S/C12H20N2O/c1-9(2)11-8-14-12(15-11)7-10-5-3-4-6-13-10/h8-10,13H,3-7H2,1-2H3. The fourth-order valence-electron chi connectivity index (χ4n) is 1.99. The molecule has 0 bridgehead atoms. The van der Waals surface area contributed by atoms with Crippen molar-refractivity contribution in [1.29, 1.82) is 0 Å². The first-order valence-corrected chi connectivity index (χ1v) is 5.93. The summed E-state index contributed by atoms with van der Waals surface area (Å²) in [6.07, 6.45) is 6.68. The van der Waals surface area contributed by atoms with Gasteiger partial charge in [0.25, 0.3) is 0 Å². The van der Waals surface area contributed by atoms with Crippen LogP contribution in [0.2, 0.25) is 0 Å². The first-order chi connectivity index (χ1) is 7.25. The molecule has 0 spiro atoms. The highest BCUT2D eigenvalue weighted by molar-refractivity contribution is 5.00. The Balaban J connectivity index is 1.91. The Bertz CT molecular complexity index is 300. The maximum absolute atomic E-state index is 5.70. The summed E-state index contributed by atoms with van der Waals surface area (Å²) in [5, 5.41) is 3.51. The van der Waals surface area contributed by atoms with Gasteiger partial charge in [0.15, 0.2) is 5.89 Å². The van der Waals surface area contributed by atoms with Crippen molar-refractivity contribution in [3.8, 4) is 0 Å². The van der Waals surface area contributed by atoms with Gasteiger partial charge in [-0.25, -0.2) is 4.98 Å². The number of hydrogen-bond acceptors (Lipinski definition) is 3. The van der Waals surface area contributed by atoms with Crippen LogP contribution in [0.15, 0.2) is 10.6 Å². The summed E-state index contributed by atoms with van der Waals surface area (Å²) in [4.78, 5) is 4.32. The third-order valence-electron chi connectivity index (χ3n) is 2.97. The van der Waals surface area contributed by atoms with Gasteiger partial charge in [0, 0.05) is 18.4 Å². The largest absolute Gasteiger partial charge is 0.445 e. The van der Waals surface area contributed by atoms with E-state index in [0.717, 1.165) is 24.6 Å². The molecule has 0 radical (unpaired) electrons. The summed E-state index contributed by atoms with van der Waals surface area (Å²) in [7, 11) is 0. The minimum Gasteiger partial charge on any atom is -0.445 e.